The minimum absolute atomic E-state index is 0.0803. The van der Waals surface area contributed by atoms with Crippen LogP contribution in [0.4, 0.5) is 0 Å². The third kappa shape index (κ3) is 6.14. The lowest BCUT2D eigenvalue weighted by Crippen LogP contribution is -2.58. The maximum Gasteiger partial charge on any atom is 0.223 e. The number of hydrogen-bond donors (Lipinski definition) is 8. The highest BCUT2D eigenvalue weighted by molar-refractivity contribution is 5.78. The van der Waals surface area contributed by atoms with Crippen molar-refractivity contribution in [3.8, 4) is 0 Å². The van der Waals surface area contributed by atoms with E-state index in [1.54, 1.807) is 0 Å². The number of hydrazine groups is 1. The summed E-state index contributed by atoms with van der Waals surface area (Å²) in [6, 6.07) is 0.846. The summed E-state index contributed by atoms with van der Waals surface area (Å²) < 4.78 is 0. The van der Waals surface area contributed by atoms with Gasteiger partial charge >= 0.3 is 0 Å². The highest BCUT2D eigenvalue weighted by atomic mass is 16.1. The topological polar surface area (TPSA) is 117 Å². The molecule has 4 heterocycles. The van der Waals surface area contributed by atoms with E-state index >= 15 is 0 Å². The molecule has 8 N–H and O–H groups in total. The fourth-order valence-corrected chi connectivity index (χ4v) is 5.39. The van der Waals surface area contributed by atoms with E-state index in [-0.39, 0.29) is 30.3 Å². The number of amides is 1. The quantitative estimate of drug-likeness (QED) is 0.229. The standard InChI is InChI=1S/C21H43N9O/c1-14-4-3-7-23-17(14)11-26-21(31)15-5-9-24-18(10-15)25-12-19-28-29-20(30(19)2)16-6-8-22-13-27-16/h14-20,22-25,27-29H,3-13H2,1-2H3,(H,26,31). The molecule has 4 rings (SSSR count). The van der Waals surface area contributed by atoms with Gasteiger partial charge in [0.15, 0.2) is 0 Å². The number of likely N-dealkylation sites (N-methyl/N-ethyl adjacent to an activating group) is 1. The average Bonchev–Trinajstić information content (AvgIpc) is 3.18. The molecule has 4 saturated heterocycles. The molecule has 0 bridgehead atoms. The molecule has 1 amide bonds. The molecule has 10 nitrogen and oxygen atoms in total. The van der Waals surface area contributed by atoms with E-state index in [2.05, 4.69) is 61.6 Å². The molecule has 0 radical (unpaired) electrons. The summed E-state index contributed by atoms with van der Waals surface area (Å²) in [6.45, 7) is 7.71. The molecule has 0 aliphatic carbocycles. The van der Waals surface area contributed by atoms with Crippen LogP contribution < -0.4 is 42.8 Å². The average molecular weight is 438 g/mol. The summed E-state index contributed by atoms with van der Waals surface area (Å²) in [7, 11) is 2.17. The van der Waals surface area contributed by atoms with Gasteiger partial charge in [0.05, 0.1) is 18.5 Å². The van der Waals surface area contributed by atoms with Crippen LogP contribution in [0.1, 0.15) is 39.0 Å². The number of nitrogens with one attached hydrogen (secondary N) is 8. The Labute approximate surface area is 186 Å². The van der Waals surface area contributed by atoms with Crippen LogP contribution >= 0.6 is 0 Å². The lowest BCUT2D eigenvalue weighted by Gasteiger charge is -2.35. The summed E-state index contributed by atoms with van der Waals surface area (Å²) in [5.74, 6) is 0.921. The van der Waals surface area contributed by atoms with Gasteiger partial charge in [0, 0.05) is 37.8 Å². The van der Waals surface area contributed by atoms with Crippen LogP contribution in [0.5, 0.6) is 0 Å². The molecule has 0 spiro atoms. The van der Waals surface area contributed by atoms with E-state index in [4.69, 9.17) is 0 Å². The molecule has 0 aromatic heterocycles. The minimum Gasteiger partial charge on any atom is -0.354 e. The van der Waals surface area contributed by atoms with E-state index < -0.39 is 0 Å². The van der Waals surface area contributed by atoms with Gasteiger partial charge in [-0.25, -0.2) is 10.9 Å². The number of carbonyl (C=O) groups excluding carboxylic acids is 1. The molecule has 31 heavy (non-hydrogen) atoms. The summed E-state index contributed by atoms with van der Waals surface area (Å²) >= 11 is 0. The number of nitrogens with zero attached hydrogens (tertiary/aromatic N) is 1. The molecule has 7 unspecified atom stereocenters. The second-order valence-electron chi connectivity index (χ2n) is 9.75. The number of carbonyl (C=O) groups is 1. The van der Waals surface area contributed by atoms with Gasteiger partial charge in [-0.2, -0.15) is 0 Å². The van der Waals surface area contributed by atoms with Gasteiger partial charge in [-0.3, -0.25) is 20.3 Å². The first-order valence-corrected chi connectivity index (χ1v) is 12.3. The highest BCUT2D eigenvalue weighted by Gasteiger charge is 2.36. The molecule has 0 saturated carbocycles. The normalized spacial score (nSPS) is 40.0. The van der Waals surface area contributed by atoms with Crippen LogP contribution in [0, 0.1) is 11.8 Å². The van der Waals surface area contributed by atoms with Crippen LogP contribution in [0.2, 0.25) is 0 Å². The molecule has 10 heteroatoms. The first-order chi connectivity index (χ1) is 15.1. The van der Waals surface area contributed by atoms with Crippen LogP contribution in [0.15, 0.2) is 0 Å². The van der Waals surface area contributed by atoms with Gasteiger partial charge in [-0.05, 0) is 64.7 Å². The molecular weight excluding hydrogens is 394 g/mol. The van der Waals surface area contributed by atoms with Crippen molar-refractivity contribution in [2.45, 2.75) is 69.6 Å². The van der Waals surface area contributed by atoms with Crippen LogP contribution in [-0.2, 0) is 4.79 Å². The second-order valence-corrected chi connectivity index (χ2v) is 9.75. The molecule has 7 atom stereocenters. The molecular formula is C21H43N9O. The zero-order valence-corrected chi connectivity index (χ0v) is 19.2. The zero-order valence-electron chi connectivity index (χ0n) is 19.2. The number of hydrogen-bond acceptors (Lipinski definition) is 9. The monoisotopic (exact) mass is 437 g/mol. The lowest BCUT2D eigenvalue weighted by molar-refractivity contribution is -0.126. The van der Waals surface area contributed by atoms with Crippen LogP contribution in [-0.4, -0.2) is 87.8 Å². The van der Waals surface area contributed by atoms with Crippen molar-refractivity contribution >= 4 is 5.91 Å². The van der Waals surface area contributed by atoms with Crippen molar-refractivity contribution in [2.24, 2.45) is 11.8 Å². The van der Waals surface area contributed by atoms with Gasteiger partial charge in [-0.1, -0.05) is 6.92 Å². The van der Waals surface area contributed by atoms with Crippen molar-refractivity contribution in [2.75, 3.05) is 46.4 Å². The Kier molecular flexibility index (Phi) is 8.52. The largest absolute Gasteiger partial charge is 0.354 e. The van der Waals surface area contributed by atoms with E-state index in [9.17, 15) is 4.79 Å². The third-order valence-corrected chi connectivity index (χ3v) is 7.59. The van der Waals surface area contributed by atoms with Crippen molar-refractivity contribution in [3.05, 3.63) is 0 Å². The van der Waals surface area contributed by atoms with Gasteiger partial charge < -0.3 is 21.3 Å². The van der Waals surface area contributed by atoms with Gasteiger partial charge in [-0.15, -0.1) is 0 Å². The Balaban J connectivity index is 1.18. The summed E-state index contributed by atoms with van der Waals surface area (Å²) in [4.78, 5) is 15.1. The van der Waals surface area contributed by atoms with Crippen LogP contribution in [0.3, 0.4) is 0 Å². The summed E-state index contributed by atoms with van der Waals surface area (Å²) in [6.07, 6.45) is 6.01. The van der Waals surface area contributed by atoms with Gasteiger partial charge in [0.25, 0.3) is 0 Å². The maximum atomic E-state index is 12.8. The molecule has 4 fully saturated rings. The predicted octanol–water partition coefficient (Wildman–Crippen LogP) is -1.99. The van der Waals surface area contributed by atoms with E-state index in [1.165, 1.54) is 12.8 Å². The van der Waals surface area contributed by atoms with Crippen molar-refractivity contribution in [3.63, 3.8) is 0 Å². The SMILES string of the molecule is CC1CCCNC1CNC(=O)C1CCNC(NCC2NNC(C3CCNCN3)N2C)C1. The van der Waals surface area contributed by atoms with E-state index in [0.717, 1.165) is 58.7 Å². The first kappa shape index (κ1) is 23.3. The number of rotatable bonds is 7. The first-order valence-electron chi connectivity index (χ1n) is 12.3. The third-order valence-electron chi connectivity index (χ3n) is 7.59. The van der Waals surface area contributed by atoms with Crippen LogP contribution in [0.25, 0.3) is 0 Å². The second kappa shape index (κ2) is 11.3. The molecule has 4 aliphatic rings. The number of piperidine rings is 2. The Morgan fingerprint density at radius 2 is 1.94 bits per heavy atom. The molecule has 0 aromatic carbocycles. The maximum absolute atomic E-state index is 12.8. The Hall–Kier alpha value is -0.850. The molecule has 4 aliphatic heterocycles. The Morgan fingerprint density at radius 3 is 2.74 bits per heavy atom. The Bertz CT molecular complexity index is 573. The molecule has 0 aromatic rings. The fourth-order valence-electron chi connectivity index (χ4n) is 5.39. The van der Waals surface area contributed by atoms with Crippen molar-refractivity contribution in [1.82, 2.24) is 47.7 Å². The Morgan fingerprint density at radius 1 is 1.03 bits per heavy atom. The van der Waals surface area contributed by atoms with Crippen molar-refractivity contribution < 1.29 is 4.79 Å². The smallest absolute Gasteiger partial charge is 0.223 e. The van der Waals surface area contributed by atoms with E-state index in [0.29, 0.717) is 18.0 Å². The van der Waals surface area contributed by atoms with E-state index in [1.807, 2.05) is 0 Å². The summed E-state index contributed by atoms with van der Waals surface area (Å²) in [5.41, 5.74) is 6.87. The lowest BCUT2D eigenvalue weighted by atomic mass is 9.91. The van der Waals surface area contributed by atoms with Gasteiger partial charge in [0.2, 0.25) is 5.91 Å². The zero-order chi connectivity index (χ0) is 21.6. The summed E-state index contributed by atoms with van der Waals surface area (Å²) in [5, 5.41) is 20.8. The highest BCUT2D eigenvalue weighted by Crippen LogP contribution is 2.18. The fraction of sp³-hybridized carbons (Fsp3) is 0.952. The minimum atomic E-state index is 0.0803. The van der Waals surface area contributed by atoms with Gasteiger partial charge in [0.1, 0.15) is 0 Å². The predicted molar refractivity (Wildman–Crippen MR) is 122 cm³/mol. The van der Waals surface area contributed by atoms with Crippen molar-refractivity contribution in [1.29, 1.82) is 0 Å². The molecule has 178 valence electrons.